The van der Waals surface area contributed by atoms with E-state index in [2.05, 4.69) is 30.2 Å². The van der Waals surface area contributed by atoms with Gasteiger partial charge in [-0.15, -0.1) is 6.42 Å². The molecule has 0 spiro atoms. The molecule has 2 aromatic rings. The first-order valence-corrected chi connectivity index (χ1v) is 8.34. The molecule has 24 heavy (non-hydrogen) atoms. The third kappa shape index (κ3) is 2.55. The highest BCUT2D eigenvalue weighted by Gasteiger charge is 2.34. The number of terminal acetylenes is 1. The molecule has 1 saturated carbocycles. The third-order valence-electron chi connectivity index (χ3n) is 4.82. The van der Waals surface area contributed by atoms with Crippen molar-refractivity contribution < 1.29 is 9.53 Å². The van der Waals surface area contributed by atoms with Crippen LogP contribution in [0.5, 0.6) is 0 Å². The van der Waals surface area contributed by atoms with Crippen LogP contribution in [0.1, 0.15) is 29.9 Å². The van der Waals surface area contributed by atoms with E-state index in [4.69, 9.17) is 11.2 Å². The predicted molar refractivity (Wildman–Crippen MR) is 93.6 cm³/mol. The Morgan fingerprint density at radius 1 is 1.08 bits per heavy atom. The van der Waals surface area contributed by atoms with Gasteiger partial charge in [-0.2, -0.15) is 0 Å². The lowest BCUT2D eigenvalue weighted by Crippen LogP contribution is -2.34. The first-order valence-electron chi connectivity index (χ1n) is 8.34. The number of hydrogen-bond acceptors (Lipinski definition) is 2. The van der Waals surface area contributed by atoms with Crippen LogP contribution in [0.15, 0.2) is 48.5 Å². The number of amides is 1. The third-order valence-corrected chi connectivity index (χ3v) is 4.82. The van der Waals surface area contributed by atoms with Crippen molar-refractivity contribution in [3.05, 3.63) is 59.7 Å². The highest BCUT2D eigenvalue weighted by atomic mass is 16.6. The number of carbonyl (C=O) groups is 1. The molecule has 1 amide bonds. The fourth-order valence-electron chi connectivity index (χ4n) is 3.50. The lowest BCUT2D eigenvalue weighted by Gasteiger charge is -2.21. The van der Waals surface area contributed by atoms with E-state index in [0.717, 1.165) is 12.8 Å². The Hall–Kier alpha value is -2.73. The van der Waals surface area contributed by atoms with Gasteiger partial charge >= 0.3 is 6.09 Å². The van der Waals surface area contributed by atoms with E-state index in [1.165, 1.54) is 22.3 Å². The summed E-state index contributed by atoms with van der Waals surface area (Å²) in [7, 11) is 0. The first-order chi connectivity index (χ1) is 11.8. The van der Waals surface area contributed by atoms with Crippen molar-refractivity contribution in [1.29, 1.82) is 0 Å². The van der Waals surface area contributed by atoms with Gasteiger partial charge in [0.05, 0.1) is 6.54 Å². The van der Waals surface area contributed by atoms with Gasteiger partial charge in [-0.05, 0) is 35.1 Å². The molecule has 120 valence electrons. The fraction of sp³-hybridized carbons (Fsp3) is 0.286. The molecule has 0 saturated heterocycles. The van der Waals surface area contributed by atoms with Crippen molar-refractivity contribution >= 4 is 6.09 Å². The van der Waals surface area contributed by atoms with Crippen LogP contribution in [0.2, 0.25) is 0 Å². The summed E-state index contributed by atoms with van der Waals surface area (Å²) >= 11 is 0. The van der Waals surface area contributed by atoms with Crippen LogP contribution in [-0.2, 0) is 4.74 Å². The normalized spacial score (nSPS) is 15.3. The molecule has 1 fully saturated rings. The van der Waals surface area contributed by atoms with Crippen molar-refractivity contribution in [3.8, 4) is 23.5 Å². The Bertz CT molecular complexity index is 771. The molecule has 0 N–H and O–H groups in total. The molecule has 2 aliphatic carbocycles. The van der Waals surface area contributed by atoms with Crippen molar-refractivity contribution in [1.82, 2.24) is 4.90 Å². The highest BCUT2D eigenvalue weighted by molar-refractivity contribution is 5.79. The summed E-state index contributed by atoms with van der Waals surface area (Å²) in [5.74, 6) is 2.65. The van der Waals surface area contributed by atoms with Gasteiger partial charge in [0.15, 0.2) is 0 Å². The lowest BCUT2D eigenvalue weighted by molar-refractivity contribution is 0.102. The number of benzene rings is 2. The van der Waals surface area contributed by atoms with Crippen molar-refractivity contribution in [3.63, 3.8) is 0 Å². The second-order valence-electron chi connectivity index (χ2n) is 6.37. The summed E-state index contributed by atoms with van der Waals surface area (Å²) in [4.78, 5) is 14.1. The SMILES string of the molecule is C#CCN(C(=O)OCC1c2ccccc2-c2ccccc21)C1CC1. The average molecular weight is 317 g/mol. The molecule has 2 aliphatic rings. The molecule has 4 rings (SSSR count). The predicted octanol–water partition coefficient (Wildman–Crippen LogP) is 4.03. The Labute approximate surface area is 142 Å². The van der Waals surface area contributed by atoms with E-state index in [1.807, 2.05) is 24.3 Å². The van der Waals surface area contributed by atoms with Crippen LogP contribution >= 0.6 is 0 Å². The summed E-state index contributed by atoms with van der Waals surface area (Å²) in [6.45, 7) is 0.669. The maximum absolute atomic E-state index is 12.4. The molecule has 0 atom stereocenters. The molecule has 3 heteroatoms. The van der Waals surface area contributed by atoms with Crippen LogP contribution < -0.4 is 0 Å². The van der Waals surface area contributed by atoms with Crippen LogP contribution in [0.3, 0.4) is 0 Å². The maximum Gasteiger partial charge on any atom is 0.410 e. The number of fused-ring (bicyclic) bond motifs is 3. The molecular formula is C21H19NO2. The molecule has 0 aliphatic heterocycles. The van der Waals surface area contributed by atoms with E-state index in [1.54, 1.807) is 4.90 Å². The zero-order chi connectivity index (χ0) is 16.5. The van der Waals surface area contributed by atoms with Gasteiger partial charge in [-0.25, -0.2) is 4.79 Å². The monoisotopic (exact) mass is 317 g/mol. The summed E-state index contributed by atoms with van der Waals surface area (Å²) < 4.78 is 5.65. The van der Waals surface area contributed by atoms with Gasteiger partial charge in [0.25, 0.3) is 0 Å². The minimum absolute atomic E-state index is 0.0910. The van der Waals surface area contributed by atoms with Gasteiger partial charge in [-0.3, -0.25) is 4.90 Å². The summed E-state index contributed by atoms with van der Waals surface area (Å²) in [5, 5.41) is 0. The molecule has 0 bridgehead atoms. The van der Waals surface area contributed by atoms with E-state index in [-0.39, 0.29) is 18.1 Å². The van der Waals surface area contributed by atoms with E-state index in [0.29, 0.717) is 13.2 Å². The largest absolute Gasteiger partial charge is 0.448 e. The Morgan fingerprint density at radius 3 is 2.21 bits per heavy atom. The zero-order valence-corrected chi connectivity index (χ0v) is 13.4. The number of rotatable bonds is 4. The van der Waals surface area contributed by atoms with E-state index >= 15 is 0 Å². The Kier molecular flexibility index (Phi) is 3.74. The van der Waals surface area contributed by atoms with Gasteiger partial charge < -0.3 is 4.74 Å². The van der Waals surface area contributed by atoms with Gasteiger partial charge in [-0.1, -0.05) is 54.5 Å². The highest BCUT2D eigenvalue weighted by Crippen LogP contribution is 2.44. The van der Waals surface area contributed by atoms with Crippen molar-refractivity contribution in [2.45, 2.75) is 24.8 Å². The van der Waals surface area contributed by atoms with Crippen molar-refractivity contribution in [2.24, 2.45) is 0 Å². The number of nitrogens with zero attached hydrogens (tertiary/aromatic N) is 1. The smallest absolute Gasteiger partial charge is 0.410 e. The minimum Gasteiger partial charge on any atom is -0.448 e. The van der Waals surface area contributed by atoms with Gasteiger partial charge in [0.1, 0.15) is 6.61 Å². The van der Waals surface area contributed by atoms with Crippen molar-refractivity contribution in [2.75, 3.05) is 13.2 Å². The van der Waals surface area contributed by atoms with Crippen LogP contribution in [-0.4, -0.2) is 30.2 Å². The van der Waals surface area contributed by atoms with Gasteiger partial charge in [0, 0.05) is 12.0 Å². The molecule has 3 nitrogen and oxygen atoms in total. The average Bonchev–Trinajstić information content (AvgIpc) is 3.40. The second kappa shape index (κ2) is 6.05. The quantitative estimate of drug-likeness (QED) is 0.797. The Morgan fingerprint density at radius 2 is 1.67 bits per heavy atom. The minimum atomic E-state index is -0.294. The van der Waals surface area contributed by atoms with Crippen LogP contribution in [0.25, 0.3) is 11.1 Å². The van der Waals surface area contributed by atoms with E-state index in [9.17, 15) is 4.79 Å². The summed E-state index contributed by atoms with van der Waals surface area (Å²) in [6.07, 6.45) is 7.12. The molecule has 2 aromatic carbocycles. The zero-order valence-electron chi connectivity index (χ0n) is 13.4. The molecule has 0 heterocycles. The summed E-state index contributed by atoms with van der Waals surface area (Å²) in [5.41, 5.74) is 4.91. The maximum atomic E-state index is 12.4. The number of ether oxygens (including phenoxy) is 1. The molecular weight excluding hydrogens is 298 g/mol. The van der Waals surface area contributed by atoms with Crippen LogP contribution in [0, 0.1) is 12.3 Å². The van der Waals surface area contributed by atoms with E-state index < -0.39 is 0 Å². The standard InChI is InChI=1S/C21H19NO2/c1-2-13-22(15-11-12-15)21(23)24-14-20-18-9-5-3-7-16(18)17-8-4-6-10-19(17)20/h1,3-10,15,20H,11-14H2. The number of carbonyl (C=O) groups excluding carboxylic acids is 1. The van der Waals surface area contributed by atoms with Gasteiger partial charge in [0.2, 0.25) is 0 Å². The number of hydrogen-bond donors (Lipinski definition) is 0. The molecule has 0 unspecified atom stereocenters. The van der Waals surface area contributed by atoms with Crippen LogP contribution in [0.4, 0.5) is 4.79 Å². The first kappa shape index (κ1) is 14.8. The molecule has 0 aromatic heterocycles. The summed E-state index contributed by atoms with van der Waals surface area (Å²) in [6, 6.07) is 16.9. The molecule has 0 radical (unpaired) electrons. The second-order valence-corrected chi connectivity index (χ2v) is 6.37. The fourth-order valence-corrected chi connectivity index (χ4v) is 3.50. The Balaban J connectivity index is 1.54. The lowest BCUT2D eigenvalue weighted by atomic mass is 9.98. The topological polar surface area (TPSA) is 29.5 Å².